The lowest BCUT2D eigenvalue weighted by molar-refractivity contribution is 0.695. The van der Waals surface area contributed by atoms with Crippen molar-refractivity contribution in [1.29, 1.82) is 0 Å². The predicted octanol–water partition coefficient (Wildman–Crippen LogP) is 1.24. The molecule has 4 heteroatoms. The van der Waals surface area contributed by atoms with Crippen LogP contribution >= 0.6 is 0 Å². The van der Waals surface area contributed by atoms with Crippen LogP contribution in [0.1, 0.15) is 22.5 Å². The number of para-hydroxylation sites is 1. The Morgan fingerprint density at radius 1 is 1.35 bits per heavy atom. The highest BCUT2D eigenvalue weighted by molar-refractivity contribution is 5.44. The number of fused-ring (bicyclic) bond motifs is 1. The Morgan fingerprint density at radius 3 is 2.94 bits per heavy atom. The molecule has 1 aromatic carbocycles. The summed E-state index contributed by atoms with van der Waals surface area (Å²) in [5.74, 6) is 0. The van der Waals surface area contributed by atoms with Crippen LogP contribution < -0.4 is 11.1 Å². The summed E-state index contributed by atoms with van der Waals surface area (Å²) >= 11 is 0. The normalized spacial score (nSPS) is 14.0. The van der Waals surface area contributed by atoms with Gasteiger partial charge in [0.1, 0.15) is 0 Å². The lowest BCUT2D eigenvalue weighted by atomic mass is 10.2. The van der Waals surface area contributed by atoms with E-state index in [0.717, 1.165) is 24.5 Å². The van der Waals surface area contributed by atoms with Crippen LogP contribution in [0.15, 0.2) is 24.3 Å². The molecule has 0 unspecified atom stereocenters. The second-order valence-corrected chi connectivity index (χ2v) is 4.38. The first-order chi connectivity index (χ1) is 8.31. The molecule has 0 bridgehead atoms. The van der Waals surface area contributed by atoms with Crippen molar-refractivity contribution in [1.82, 2.24) is 15.1 Å². The van der Waals surface area contributed by atoms with Gasteiger partial charge in [0.15, 0.2) is 0 Å². The van der Waals surface area contributed by atoms with Gasteiger partial charge in [-0.05, 0) is 18.6 Å². The average Bonchev–Trinajstić information content (AvgIpc) is 2.91. The van der Waals surface area contributed by atoms with Crippen molar-refractivity contribution in [3.05, 3.63) is 46.8 Å². The van der Waals surface area contributed by atoms with E-state index in [4.69, 9.17) is 5.73 Å². The predicted molar refractivity (Wildman–Crippen MR) is 66.7 cm³/mol. The number of nitrogens with two attached hydrogens (primary N) is 1. The lowest BCUT2D eigenvalue weighted by Gasteiger charge is -2.08. The van der Waals surface area contributed by atoms with Gasteiger partial charge in [0, 0.05) is 25.2 Å². The minimum Gasteiger partial charge on any atom is -0.325 e. The Labute approximate surface area is 100 Å². The molecule has 0 radical (unpaired) electrons. The Hall–Kier alpha value is -1.65. The molecule has 2 aromatic rings. The maximum Gasteiger partial charge on any atom is 0.0813 e. The van der Waals surface area contributed by atoms with E-state index in [-0.39, 0.29) is 0 Å². The van der Waals surface area contributed by atoms with Gasteiger partial charge in [-0.15, -0.1) is 0 Å². The Bertz CT molecular complexity index is 557. The van der Waals surface area contributed by atoms with E-state index in [1.807, 2.05) is 16.8 Å². The first-order valence-corrected chi connectivity index (χ1v) is 5.87. The topological polar surface area (TPSA) is 55.9 Å². The number of nitrogens with one attached hydrogen (secondary N) is 1. The number of aromatic nitrogens is 2. The number of hydrogen-bond donors (Lipinski definition) is 2. The van der Waals surface area contributed by atoms with Crippen LogP contribution in [0.3, 0.4) is 0 Å². The molecular weight excluding hydrogens is 212 g/mol. The van der Waals surface area contributed by atoms with Gasteiger partial charge in [0.05, 0.1) is 17.1 Å². The van der Waals surface area contributed by atoms with Crippen LogP contribution in [0, 0.1) is 6.92 Å². The molecule has 1 aromatic heterocycles. The van der Waals surface area contributed by atoms with Crippen LogP contribution in [-0.4, -0.2) is 9.78 Å². The maximum atomic E-state index is 5.75. The van der Waals surface area contributed by atoms with Crippen LogP contribution in [0.25, 0.3) is 5.69 Å². The number of aryl methyl sites for hydroxylation is 1. The second-order valence-electron chi connectivity index (χ2n) is 4.38. The van der Waals surface area contributed by atoms with E-state index in [9.17, 15) is 0 Å². The third kappa shape index (κ3) is 1.57. The van der Waals surface area contributed by atoms with Gasteiger partial charge in [0.25, 0.3) is 0 Å². The first kappa shape index (κ1) is 10.5. The Balaban J connectivity index is 2.19. The summed E-state index contributed by atoms with van der Waals surface area (Å²) in [6.45, 7) is 4.36. The van der Waals surface area contributed by atoms with E-state index >= 15 is 0 Å². The molecule has 0 saturated heterocycles. The zero-order valence-corrected chi connectivity index (χ0v) is 9.90. The summed E-state index contributed by atoms with van der Waals surface area (Å²) < 4.78 is 2.03. The van der Waals surface area contributed by atoms with E-state index in [0.29, 0.717) is 6.54 Å². The summed E-state index contributed by atoms with van der Waals surface area (Å²) in [7, 11) is 0. The fourth-order valence-corrected chi connectivity index (χ4v) is 2.39. The number of benzene rings is 1. The van der Waals surface area contributed by atoms with Crippen LogP contribution in [0.2, 0.25) is 0 Å². The molecule has 2 heterocycles. The molecule has 0 aliphatic carbocycles. The highest BCUT2D eigenvalue weighted by atomic mass is 15.3. The second kappa shape index (κ2) is 3.98. The van der Waals surface area contributed by atoms with Crippen molar-refractivity contribution in [3.8, 4) is 5.69 Å². The van der Waals surface area contributed by atoms with E-state index in [2.05, 4.69) is 29.5 Å². The molecule has 0 fully saturated rings. The molecule has 17 heavy (non-hydrogen) atoms. The molecule has 4 nitrogen and oxygen atoms in total. The lowest BCUT2D eigenvalue weighted by Crippen LogP contribution is -2.10. The molecule has 0 spiro atoms. The fourth-order valence-electron chi connectivity index (χ4n) is 2.39. The smallest absolute Gasteiger partial charge is 0.0813 e. The highest BCUT2D eigenvalue weighted by Gasteiger charge is 2.22. The Kier molecular flexibility index (Phi) is 2.46. The molecule has 0 saturated carbocycles. The minimum atomic E-state index is 0.503. The average molecular weight is 228 g/mol. The molecule has 0 atom stereocenters. The summed E-state index contributed by atoms with van der Waals surface area (Å²) in [6, 6.07) is 8.29. The third-order valence-corrected chi connectivity index (χ3v) is 3.30. The first-order valence-electron chi connectivity index (χ1n) is 5.87. The number of rotatable bonds is 2. The quantitative estimate of drug-likeness (QED) is 0.813. The van der Waals surface area contributed by atoms with Gasteiger partial charge in [0.2, 0.25) is 0 Å². The molecule has 88 valence electrons. The largest absolute Gasteiger partial charge is 0.325 e. The molecular formula is C13H16N4. The zero-order valence-electron chi connectivity index (χ0n) is 9.90. The standard InChI is InChI=1S/C13H16N4/c1-9-4-2-3-5-12(9)17-13-8-15-7-10(13)11(6-14)16-17/h2-5,15H,6-8,14H2,1H3. The zero-order chi connectivity index (χ0) is 11.8. The van der Waals surface area contributed by atoms with Crippen molar-refractivity contribution in [3.63, 3.8) is 0 Å². The summed E-state index contributed by atoms with van der Waals surface area (Å²) in [5.41, 5.74) is 11.7. The van der Waals surface area contributed by atoms with Crippen molar-refractivity contribution < 1.29 is 0 Å². The minimum absolute atomic E-state index is 0.503. The molecule has 1 aliphatic rings. The van der Waals surface area contributed by atoms with Gasteiger partial charge in [-0.2, -0.15) is 5.10 Å². The molecule has 3 N–H and O–H groups in total. The maximum absolute atomic E-state index is 5.75. The van der Waals surface area contributed by atoms with Gasteiger partial charge < -0.3 is 11.1 Å². The van der Waals surface area contributed by atoms with Crippen molar-refractivity contribution >= 4 is 0 Å². The molecule has 3 rings (SSSR count). The van der Waals surface area contributed by atoms with Crippen LogP contribution in [0.4, 0.5) is 0 Å². The summed E-state index contributed by atoms with van der Waals surface area (Å²) in [6.07, 6.45) is 0. The van der Waals surface area contributed by atoms with Crippen molar-refractivity contribution in [2.75, 3.05) is 0 Å². The number of nitrogens with zero attached hydrogens (tertiary/aromatic N) is 2. The summed E-state index contributed by atoms with van der Waals surface area (Å²) in [4.78, 5) is 0. The third-order valence-electron chi connectivity index (χ3n) is 3.30. The van der Waals surface area contributed by atoms with Crippen molar-refractivity contribution in [2.24, 2.45) is 5.73 Å². The van der Waals surface area contributed by atoms with Gasteiger partial charge in [-0.1, -0.05) is 18.2 Å². The van der Waals surface area contributed by atoms with E-state index in [1.165, 1.54) is 16.8 Å². The fraction of sp³-hybridized carbons (Fsp3) is 0.308. The monoisotopic (exact) mass is 228 g/mol. The summed E-state index contributed by atoms with van der Waals surface area (Å²) in [5, 5.41) is 7.99. The molecule has 1 aliphatic heterocycles. The van der Waals surface area contributed by atoms with Gasteiger partial charge in [-0.25, -0.2) is 4.68 Å². The molecule has 0 amide bonds. The van der Waals surface area contributed by atoms with E-state index < -0.39 is 0 Å². The Morgan fingerprint density at radius 2 is 2.18 bits per heavy atom. The highest BCUT2D eigenvalue weighted by Crippen LogP contribution is 2.24. The van der Waals surface area contributed by atoms with E-state index in [1.54, 1.807) is 0 Å². The van der Waals surface area contributed by atoms with Gasteiger partial charge in [-0.3, -0.25) is 0 Å². The van der Waals surface area contributed by atoms with Crippen LogP contribution in [-0.2, 0) is 19.6 Å². The van der Waals surface area contributed by atoms with Gasteiger partial charge >= 0.3 is 0 Å². The van der Waals surface area contributed by atoms with Crippen molar-refractivity contribution in [2.45, 2.75) is 26.6 Å². The van der Waals surface area contributed by atoms with Crippen LogP contribution in [0.5, 0.6) is 0 Å². The number of hydrogen-bond acceptors (Lipinski definition) is 3. The SMILES string of the molecule is Cc1ccccc1-n1nc(CN)c2c1CNC2.